The number of carbonyl (C=O) groups excluding carboxylic acids is 1. The smallest absolute Gasteiger partial charge is 0.255 e. The molecule has 0 saturated carbocycles. The molecule has 3 aliphatic heterocycles. The van der Waals surface area contributed by atoms with Crippen LogP contribution in [0.3, 0.4) is 0 Å². The number of nitrogens with zero attached hydrogens (tertiary/aromatic N) is 5. The first-order valence-electron chi connectivity index (χ1n) is 15.3. The topological polar surface area (TPSA) is 80.3 Å². The van der Waals surface area contributed by atoms with Crippen LogP contribution in [0.5, 0.6) is 0 Å². The zero-order valence-electron chi connectivity index (χ0n) is 24.0. The molecule has 2 N–H and O–H groups in total. The monoisotopic (exact) mass is 548 g/mol. The molecule has 0 unspecified atom stereocenters. The van der Waals surface area contributed by atoms with Crippen LogP contribution in [0.1, 0.15) is 72.7 Å². The van der Waals surface area contributed by atoms with E-state index < -0.39 is 0 Å². The Morgan fingerprint density at radius 1 is 0.927 bits per heavy atom. The molecule has 5 heterocycles. The predicted octanol–water partition coefficient (Wildman–Crippen LogP) is 5.75. The first kappa shape index (κ1) is 26.2. The van der Waals surface area contributed by atoms with Gasteiger partial charge in [-0.15, -0.1) is 0 Å². The number of anilines is 1. The summed E-state index contributed by atoms with van der Waals surface area (Å²) in [5.41, 5.74) is 10.3. The van der Waals surface area contributed by atoms with Gasteiger partial charge in [0.15, 0.2) is 0 Å². The Bertz CT molecular complexity index is 1510. The van der Waals surface area contributed by atoms with Gasteiger partial charge in [0.1, 0.15) is 11.6 Å². The van der Waals surface area contributed by atoms with E-state index in [1.807, 2.05) is 4.90 Å². The molecule has 212 valence electrons. The van der Waals surface area contributed by atoms with E-state index in [1.54, 1.807) is 18.3 Å². The van der Waals surface area contributed by atoms with Gasteiger partial charge in [-0.2, -0.15) is 0 Å². The van der Waals surface area contributed by atoms with Crippen LogP contribution >= 0.6 is 0 Å². The molecule has 41 heavy (non-hydrogen) atoms. The fourth-order valence-corrected chi connectivity index (χ4v) is 8.12. The number of imidazole rings is 1. The van der Waals surface area contributed by atoms with Crippen molar-refractivity contribution in [1.82, 2.24) is 24.3 Å². The van der Waals surface area contributed by atoms with Gasteiger partial charge in [-0.05, 0) is 93.7 Å². The maximum atomic E-state index is 13.2. The molecule has 7 nitrogen and oxygen atoms in total. The Kier molecular flexibility index (Phi) is 6.78. The predicted molar refractivity (Wildman–Crippen MR) is 163 cm³/mol. The lowest BCUT2D eigenvalue weighted by atomic mass is 9.70. The van der Waals surface area contributed by atoms with Gasteiger partial charge in [0.05, 0.1) is 16.6 Å². The van der Waals surface area contributed by atoms with Crippen LogP contribution in [0.25, 0.3) is 11.0 Å². The van der Waals surface area contributed by atoms with Crippen molar-refractivity contribution in [1.29, 1.82) is 0 Å². The molecule has 0 spiro atoms. The Hall–Kier alpha value is -3.71. The summed E-state index contributed by atoms with van der Waals surface area (Å²) >= 11 is 0. The Morgan fingerprint density at radius 3 is 2.34 bits per heavy atom. The summed E-state index contributed by atoms with van der Waals surface area (Å²) in [6.45, 7) is 4.81. The number of carbonyl (C=O) groups is 1. The number of fused-ring (bicyclic) bond motifs is 3. The van der Waals surface area contributed by atoms with Crippen LogP contribution in [0, 0.1) is 6.92 Å². The summed E-state index contributed by atoms with van der Waals surface area (Å²) in [4.78, 5) is 27.1. The average molecular weight is 549 g/mol. The number of aromatic nitrogens is 3. The molecule has 4 aromatic rings. The van der Waals surface area contributed by atoms with Gasteiger partial charge in [-0.1, -0.05) is 42.5 Å². The maximum absolute atomic E-state index is 13.2. The minimum absolute atomic E-state index is 0.0570. The number of para-hydroxylation sites is 2. The lowest BCUT2D eigenvalue weighted by Gasteiger charge is -2.45. The molecule has 3 fully saturated rings. The van der Waals surface area contributed by atoms with Crippen molar-refractivity contribution in [2.24, 2.45) is 0 Å². The number of hydrogen-bond acceptors (Lipinski definition) is 5. The van der Waals surface area contributed by atoms with E-state index in [4.69, 9.17) is 10.7 Å². The summed E-state index contributed by atoms with van der Waals surface area (Å²) in [7, 11) is 0. The minimum atomic E-state index is 0.0570. The van der Waals surface area contributed by atoms with Gasteiger partial charge in [0.2, 0.25) is 0 Å². The van der Waals surface area contributed by atoms with E-state index in [9.17, 15) is 4.79 Å². The van der Waals surface area contributed by atoms with Gasteiger partial charge in [0.25, 0.3) is 5.91 Å². The highest BCUT2D eigenvalue weighted by Gasteiger charge is 2.44. The lowest BCUT2D eigenvalue weighted by molar-refractivity contribution is 0.0606. The Labute approximate surface area is 242 Å². The third-order valence-electron chi connectivity index (χ3n) is 10.3. The number of amides is 1. The van der Waals surface area contributed by atoms with Crippen molar-refractivity contribution < 1.29 is 4.79 Å². The molecule has 3 saturated heterocycles. The number of hydrogen-bond donors (Lipinski definition) is 1. The van der Waals surface area contributed by atoms with Crippen molar-refractivity contribution in [3.8, 4) is 0 Å². The minimum Gasteiger partial charge on any atom is -0.384 e. The highest BCUT2D eigenvalue weighted by atomic mass is 16.2. The molecule has 2 aromatic carbocycles. The zero-order chi connectivity index (χ0) is 28.0. The normalized spacial score (nSPS) is 24.1. The summed E-state index contributed by atoms with van der Waals surface area (Å²) in [6, 6.07) is 24.9. The number of benzene rings is 2. The molecule has 7 rings (SSSR count). The fraction of sp³-hybridized carbons (Fsp3) is 0.441. The zero-order valence-corrected chi connectivity index (χ0v) is 24.0. The first-order chi connectivity index (χ1) is 20.0. The second kappa shape index (κ2) is 10.6. The van der Waals surface area contributed by atoms with Crippen LogP contribution in [0.4, 0.5) is 5.82 Å². The Balaban J connectivity index is 1.06. The highest BCUT2D eigenvalue weighted by Crippen LogP contribution is 2.45. The molecular formula is C34H40N6O. The molecule has 1 amide bonds. The van der Waals surface area contributed by atoms with E-state index in [0.717, 1.165) is 50.2 Å². The van der Waals surface area contributed by atoms with Crippen LogP contribution in [0.15, 0.2) is 72.9 Å². The summed E-state index contributed by atoms with van der Waals surface area (Å²) < 4.78 is 2.52. The van der Waals surface area contributed by atoms with Crippen LogP contribution < -0.4 is 5.73 Å². The molecule has 3 aliphatic rings. The number of rotatable bonds is 6. The quantitative estimate of drug-likeness (QED) is 0.332. The van der Waals surface area contributed by atoms with E-state index in [2.05, 4.69) is 76.0 Å². The standard InChI is InChI=1S/C34H40N6O/c1-24-37-30-9-5-6-10-31(30)40(24)29-21-27-12-13-28(22-29)39(27)20-17-34(26-7-3-2-4-8-26)15-18-38(19-16-34)33(41)25-11-14-32(35)36-23-25/h2-11,14,23,27-29H,12-13,15-22H2,1H3,(H2,35,36)/t27-,28+,29+. The molecular weight excluding hydrogens is 508 g/mol. The average Bonchev–Trinajstić information content (AvgIpc) is 3.47. The van der Waals surface area contributed by atoms with Crippen molar-refractivity contribution in [3.05, 3.63) is 89.9 Å². The van der Waals surface area contributed by atoms with Gasteiger partial charge >= 0.3 is 0 Å². The molecule has 2 aromatic heterocycles. The lowest BCUT2D eigenvalue weighted by Crippen LogP contribution is -2.49. The molecule has 7 heteroatoms. The van der Waals surface area contributed by atoms with Gasteiger partial charge in [-0.25, -0.2) is 9.97 Å². The number of piperidine rings is 2. The fourth-order valence-electron chi connectivity index (χ4n) is 8.12. The Morgan fingerprint density at radius 2 is 1.63 bits per heavy atom. The van der Waals surface area contributed by atoms with E-state index in [0.29, 0.717) is 29.5 Å². The van der Waals surface area contributed by atoms with E-state index in [1.165, 1.54) is 36.8 Å². The van der Waals surface area contributed by atoms with E-state index in [-0.39, 0.29) is 11.3 Å². The molecule has 0 aliphatic carbocycles. The number of nitrogens with two attached hydrogens (primary N) is 1. The summed E-state index contributed by atoms with van der Waals surface area (Å²) in [6.07, 6.45) is 9.69. The van der Waals surface area contributed by atoms with Crippen LogP contribution in [0.2, 0.25) is 0 Å². The van der Waals surface area contributed by atoms with Gasteiger partial charge in [0, 0.05) is 37.4 Å². The van der Waals surface area contributed by atoms with Crippen LogP contribution in [-0.4, -0.2) is 62.0 Å². The number of nitrogen functional groups attached to an aromatic ring is 1. The first-order valence-corrected chi connectivity index (χ1v) is 15.3. The van der Waals surface area contributed by atoms with Gasteiger partial charge < -0.3 is 15.2 Å². The van der Waals surface area contributed by atoms with E-state index >= 15 is 0 Å². The number of likely N-dealkylation sites (tertiary alicyclic amines) is 1. The number of pyridine rings is 1. The highest BCUT2D eigenvalue weighted by molar-refractivity contribution is 5.94. The second-order valence-electron chi connectivity index (χ2n) is 12.4. The van der Waals surface area contributed by atoms with Gasteiger partial charge in [-0.3, -0.25) is 9.69 Å². The maximum Gasteiger partial charge on any atom is 0.255 e. The van der Waals surface area contributed by atoms with Crippen molar-refractivity contribution >= 4 is 22.8 Å². The largest absolute Gasteiger partial charge is 0.384 e. The van der Waals surface area contributed by atoms with Crippen LogP contribution in [-0.2, 0) is 5.41 Å². The summed E-state index contributed by atoms with van der Waals surface area (Å²) in [5.74, 6) is 1.64. The molecule has 0 radical (unpaired) electrons. The second-order valence-corrected chi connectivity index (χ2v) is 12.4. The van der Waals surface area contributed by atoms with Crippen molar-refractivity contribution in [2.75, 3.05) is 25.4 Å². The summed E-state index contributed by atoms with van der Waals surface area (Å²) in [5, 5.41) is 0. The molecule has 2 bridgehead atoms. The number of aryl methyl sites for hydroxylation is 1. The van der Waals surface area contributed by atoms with Crippen molar-refractivity contribution in [2.45, 2.75) is 75.4 Å². The van der Waals surface area contributed by atoms with Crippen molar-refractivity contribution in [3.63, 3.8) is 0 Å². The molecule has 3 atom stereocenters. The third-order valence-corrected chi connectivity index (χ3v) is 10.3. The third kappa shape index (κ3) is 4.80. The SMILES string of the molecule is Cc1nc2ccccc2n1[C@H]1C[C@H]2CC[C@@H](C1)N2CCC1(c2ccccc2)CCN(C(=O)c2ccc(N)nc2)CC1.